The number of nitrogens with one attached hydrogen (secondary N) is 2. The van der Waals surface area contributed by atoms with Gasteiger partial charge in [0.15, 0.2) is 10.9 Å². The predicted molar refractivity (Wildman–Crippen MR) is 108 cm³/mol. The highest BCUT2D eigenvalue weighted by atomic mass is 79.9. The molecule has 2 N–H and O–H groups in total. The van der Waals surface area contributed by atoms with E-state index in [1.54, 1.807) is 23.9 Å². The maximum Gasteiger partial charge on any atom is 0.176 e. The summed E-state index contributed by atoms with van der Waals surface area (Å²) in [6.07, 6.45) is 1.83. The molecule has 2 aromatic carbocycles. The molecule has 0 saturated carbocycles. The Bertz CT molecular complexity index is 914. The van der Waals surface area contributed by atoms with Gasteiger partial charge >= 0.3 is 0 Å². The largest absolute Gasteiger partial charge is 0.495 e. The molecule has 1 aromatic heterocycles. The van der Waals surface area contributed by atoms with E-state index >= 15 is 0 Å². The Kier molecular flexibility index (Phi) is 5.85. The molecule has 8 heteroatoms. The zero-order valence-electron chi connectivity index (χ0n) is 13.9. The number of nitrogens with zero attached hydrogens (tertiary/aromatic N) is 2. The quantitative estimate of drug-likeness (QED) is 0.572. The van der Waals surface area contributed by atoms with Gasteiger partial charge in [0, 0.05) is 6.20 Å². The van der Waals surface area contributed by atoms with Gasteiger partial charge < -0.3 is 15.4 Å². The molecule has 26 heavy (non-hydrogen) atoms. The van der Waals surface area contributed by atoms with E-state index in [1.165, 1.54) is 12.1 Å². The minimum atomic E-state index is -0.259. The topological polar surface area (TPSA) is 51.1 Å². The van der Waals surface area contributed by atoms with Gasteiger partial charge in [-0.2, -0.15) is 5.10 Å². The Balaban J connectivity index is 1.67. The average Bonchev–Trinajstić information content (AvgIpc) is 2.96. The number of hydrogen-bond acceptors (Lipinski definition) is 3. The van der Waals surface area contributed by atoms with E-state index in [0.29, 0.717) is 23.2 Å². The van der Waals surface area contributed by atoms with Crippen molar-refractivity contribution in [3.05, 3.63) is 70.6 Å². The van der Waals surface area contributed by atoms with Crippen LogP contribution in [-0.2, 0) is 6.54 Å². The van der Waals surface area contributed by atoms with Crippen molar-refractivity contribution < 1.29 is 9.13 Å². The molecular weight excluding hydrogens is 419 g/mol. The molecule has 0 bridgehead atoms. The molecule has 3 rings (SSSR count). The maximum absolute atomic E-state index is 13.0. The smallest absolute Gasteiger partial charge is 0.176 e. The molecule has 0 aliphatic rings. The summed E-state index contributed by atoms with van der Waals surface area (Å²) in [7, 11) is 1.60. The number of thiocarbonyl (C=S) groups is 1. The fraction of sp³-hybridized carbons (Fsp3) is 0.111. The van der Waals surface area contributed by atoms with E-state index in [2.05, 4.69) is 31.7 Å². The molecule has 5 nitrogen and oxygen atoms in total. The molecule has 1 heterocycles. The first kappa shape index (κ1) is 18.3. The lowest BCUT2D eigenvalue weighted by Gasteiger charge is -2.12. The van der Waals surface area contributed by atoms with Gasteiger partial charge in [-0.05, 0) is 58.0 Å². The van der Waals surface area contributed by atoms with E-state index in [4.69, 9.17) is 17.0 Å². The van der Waals surface area contributed by atoms with Crippen molar-refractivity contribution in [3.8, 4) is 5.75 Å². The van der Waals surface area contributed by atoms with Crippen molar-refractivity contribution in [1.29, 1.82) is 0 Å². The van der Waals surface area contributed by atoms with E-state index < -0.39 is 0 Å². The van der Waals surface area contributed by atoms with Gasteiger partial charge in [-0.1, -0.05) is 24.3 Å². The van der Waals surface area contributed by atoms with E-state index in [0.717, 1.165) is 15.7 Å². The Morgan fingerprint density at radius 3 is 2.65 bits per heavy atom. The Morgan fingerprint density at radius 2 is 1.92 bits per heavy atom. The second-order valence-electron chi connectivity index (χ2n) is 5.43. The first-order chi connectivity index (χ1) is 12.5. The predicted octanol–water partition coefficient (Wildman–Crippen LogP) is 4.65. The van der Waals surface area contributed by atoms with Crippen LogP contribution in [0.5, 0.6) is 5.75 Å². The van der Waals surface area contributed by atoms with Crippen LogP contribution >= 0.6 is 28.1 Å². The lowest BCUT2D eigenvalue weighted by molar-refractivity contribution is 0.417. The van der Waals surface area contributed by atoms with Gasteiger partial charge in [0.2, 0.25) is 0 Å². The third-order valence-corrected chi connectivity index (χ3v) is 4.35. The van der Waals surface area contributed by atoms with Crippen LogP contribution in [0.25, 0.3) is 0 Å². The van der Waals surface area contributed by atoms with Crippen molar-refractivity contribution in [3.63, 3.8) is 0 Å². The lowest BCUT2D eigenvalue weighted by Crippen LogP contribution is -2.20. The zero-order chi connectivity index (χ0) is 18.5. The first-order valence-electron chi connectivity index (χ1n) is 7.73. The molecule has 0 radical (unpaired) electrons. The van der Waals surface area contributed by atoms with Gasteiger partial charge in [-0.15, -0.1) is 0 Å². The van der Waals surface area contributed by atoms with Crippen LogP contribution in [-0.4, -0.2) is 22.0 Å². The number of rotatable bonds is 5. The van der Waals surface area contributed by atoms with Crippen LogP contribution in [0.15, 0.2) is 59.2 Å². The zero-order valence-corrected chi connectivity index (χ0v) is 16.3. The van der Waals surface area contributed by atoms with Gasteiger partial charge in [-0.25, -0.2) is 4.39 Å². The van der Waals surface area contributed by atoms with Crippen LogP contribution in [0, 0.1) is 5.82 Å². The van der Waals surface area contributed by atoms with Gasteiger partial charge in [0.05, 0.1) is 23.8 Å². The van der Waals surface area contributed by atoms with Gasteiger partial charge in [-0.3, -0.25) is 4.68 Å². The number of halogens is 2. The van der Waals surface area contributed by atoms with Crippen LogP contribution in [0.1, 0.15) is 5.56 Å². The monoisotopic (exact) mass is 434 g/mol. The molecular formula is C18H16BrFN4OS. The highest BCUT2D eigenvalue weighted by Gasteiger charge is 2.10. The maximum atomic E-state index is 13.0. The van der Waals surface area contributed by atoms with Gasteiger partial charge in [0.25, 0.3) is 0 Å². The number of ether oxygens (including phenoxy) is 1. The minimum Gasteiger partial charge on any atom is -0.495 e. The summed E-state index contributed by atoms with van der Waals surface area (Å²) in [4.78, 5) is 0. The molecule has 0 fully saturated rings. The fourth-order valence-electron chi connectivity index (χ4n) is 2.35. The molecule has 0 amide bonds. The third-order valence-electron chi connectivity index (χ3n) is 3.56. The Morgan fingerprint density at radius 1 is 1.19 bits per heavy atom. The normalized spacial score (nSPS) is 10.4. The molecule has 0 unspecified atom stereocenters. The summed E-state index contributed by atoms with van der Waals surface area (Å²) in [6, 6.07) is 13.8. The van der Waals surface area contributed by atoms with Gasteiger partial charge in [0.1, 0.15) is 11.6 Å². The number of benzene rings is 2. The average molecular weight is 435 g/mol. The highest BCUT2D eigenvalue weighted by Crippen LogP contribution is 2.24. The third kappa shape index (κ3) is 4.59. The lowest BCUT2D eigenvalue weighted by atomic mass is 10.2. The molecule has 0 aliphatic heterocycles. The van der Waals surface area contributed by atoms with Crippen LogP contribution in [0.3, 0.4) is 0 Å². The Hall–Kier alpha value is -2.45. The number of anilines is 2. The van der Waals surface area contributed by atoms with Crippen LogP contribution < -0.4 is 15.4 Å². The van der Waals surface area contributed by atoms with E-state index in [-0.39, 0.29) is 5.82 Å². The van der Waals surface area contributed by atoms with E-state index in [1.807, 2.05) is 30.5 Å². The summed E-state index contributed by atoms with van der Waals surface area (Å²) in [6.45, 7) is 0.521. The molecule has 0 atom stereocenters. The second kappa shape index (κ2) is 8.29. The summed E-state index contributed by atoms with van der Waals surface area (Å²) < 4.78 is 20.8. The second-order valence-corrected chi connectivity index (χ2v) is 6.69. The molecule has 0 saturated heterocycles. The Labute approximate surface area is 164 Å². The highest BCUT2D eigenvalue weighted by molar-refractivity contribution is 9.10. The number of para-hydroxylation sites is 2. The van der Waals surface area contributed by atoms with Crippen molar-refractivity contribution >= 4 is 44.8 Å². The van der Waals surface area contributed by atoms with Crippen molar-refractivity contribution in [1.82, 2.24) is 9.78 Å². The van der Waals surface area contributed by atoms with Crippen molar-refractivity contribution in [2.75, 3.05) is 17.7 Å². The summed E-state index contributed by atoms with van der Waals surface area (Å²) >= 11 is 8.82. The summed E-state index contributed by atoms with van der Waals surface area (Å²) in [5, 5.41) is 11.0. The van der Waals surface area contributed by atoms with Crippen LogP contribution in [0.2, 0.25) is 0 Å². The minimum absolute atomic E-state index is 0.259. The molecule has 0 aliphatic carbocycles. The molecule has 134 valence electrons. The van der Waals surface area contributed by atoms with Crippen LogP contribution in [0.4, 0.5) is 15.9 Å². The van der Waals surface area contributed by atoms with E-state index in [9.17, 15) is 4.39 Å². The van der Waals surface area contributed by atoms with Crippen molar-refractivity contribution in [2.45, 2.75) is 6.54 Å². The molecule has 0 spiro atoms. The number of methoxy groups -OCH3 is 1. The fourth-order valence-corrected chi connectivity index (χ4v) is 2.97. The number of aromatic nitrogens is 2. The van der Waals surface area contributed by atoms with Crippen molar-refractivity contribution in [2.24, 2.45) is 0 Å². The summed E-state index contributed by atoms with van der Waals surface area (Å²) in [5.74, 6) is 1.02. The number of hydrogen-bond donors (Lipinski definition) is 2. The first-order valence-corrected chi connectivity index (χ1v) is 8.93. The SMILES string of the molecule is COc1ccccc1NC(=S)Nc1nn(Cc2ccc(F)cc2)cc1Br. The summed E-state index contributed by atoms with van der Waals surface area (Å²) in [5.41, 5.74) is 1.71. The molecule has 3 aromatic rings. The standard InChI is InChI=1S/C18H16BrFN4OS/c1-25-16-5-3-2-4-15(16)21-18(26)22-17-14(19)11-24(23-17)10-12-6-8-13(20)9-7-12/h2-9,11H,10H2,1H3,(H2,21,22,23,26).